The molecule has 0 radical (unpaired) electrons. The molecule has 1 aromatic rings. The summed E-state index contributed by atoms with van der Waals surface area (Å²) in [4.78, 5) is 10.8. The SMILES string of the molecule is CCC(=O)Oc1cccc(O)c1F. The van der Waals surface area contributed by atoms with Crippen molar-refractivity contribution in [1.29, 1.82) is 0 Å². The van der Waals surface area contributed by atoms with Crippen molar-refractivity contribution in [2.75, 3.05) is 0 Å². The topological polar surface area (TPSA) is 46.5 Å². The van der Waals surface area contributed by atoms with E-state index >= 15 is 0 Å². The molecule has 0 aliphatic carbocycles. The summed E-state index contributed by atoms with van der Waals surface area (Å²) < 4.78 is 17.6. The smallest absolute Gasteiger partial charge is 0.311 e. The number of aromatic hydroxyl groups is 1. The minimum Gasteiger partial charge on any atom is -0.505 e. The molecular formula is C9H9FO3. The van der Waals surface area contributed by atoms with E-state index in [4.69, 9.17) is 5.11 Å². The average molecular weight is 184 g/mol. The second-order valence-corrected chi connectivity index (χ2v) is 2.42. The summed E-state index contributed by atoms with van der Waals surface area (Å²) in [6, 6.07) is 3.86. The van der Waals surface area contributed by atoms with Crippen molar-refractivity contribution >= 4 is 5.97 Å². The number of hydrogen-bond donors (Lipinski definition) is 1. The van der Waals surface area contributed by atoms with Gasteiger partial charge in [0, 0.05) is 6.42 Å². The molecule has 0 aliphatic rings. The minimum absolute atomic E-state index is 0.162. The van der Waals surface area contributed by atoms with Crippen LogP contribution in [0.4, 0.5) is 4.39 Å². The summed E-state index contributed by atoms with van der Waals surface area (Å²) in [6.07, 6.45) is 0.162. The van der Waals surface area contributed by atoms with Crippen LogP contribution in [0.3, 0.4) is 0 Å². The third-order valence-corrected chi connectivity index (χ3v) is 1.46. The highest BCUT2D eigenvalue weighted by molar-refractivity contribution is 5.72. The van der Waals surface area contributed by atoms with Gasteiger partial charge < -0.3 is 9.84 Å². The molecule has 1 rings (SSSR count). The number of carbonyl (C=O) groups is 1. The molecule has 13 heavy (non-hydrogen) atoms. The summed E-state index contributed by atoms with van der Waals surface area (Å²) in [6.45, 7) is 1.60. The lowest BCUT2D eigenvalue weighted by Crippen LogP contribution is -2.06. The lowest BCUT2D eigenvalue weighted by molar-refractivity contribution is -0.134. The maximum absolute atomic E-state index is 13.0. The summed E-state index contributed by atoms with van der Waals surface area (Å²) in [5.74, 6) is -2.22. The first-order valence-electron chi connectivity index (χ1n) is 3.83. The van der Waals surface area contributed by atoms with E-state index in [1.165, 1.54) is 18.2 Å². The lowest BCUT2D eigenvalue weighted by Gasteiger charge is -2.03. The maximum Gasteiger partial charge on any atom is 0.311 e. The second kappa shape index (κ2) is 3.89. The molecule has 0 fully saturated rings. The Labute approximate surface area is 74.8 Å². The van der Waals surface area contributed by atoms with Crippen LogP contribution < -0.4 is 4.74 Å². The zero-order chi connectivity index (χ0) is 9.84. The monoisotopic (exact) mass is 184 g/mol. The van der Waals surface area contributed by atoms with Gasteiger partial charge in [0.2, 0.25) is 5.82 Å². The van der Waals surface area contributed by atoms with Crippen LogP contribution in [0, 0.1) is 5.82 Å². The van der Waals surface area contributed by atoms with Gasteiger partial charge in [-0.05, 0) is 12.1 Å². The predicted molar refractivity (Wildman–Crippen MR) is 44.0 cm³/mol. The van der Waals surface area contributed by atoms with Gasteiger partial charge in [-0.1, -0.05) is 13.0 Å². The number of benzene rings is 1. The Morgan fingerprint density at radius 2 is 2.31 bits per heavy atom. The zero-order valence-corrected chi connectivity index (χ0v) is 7.08. The number of halogens is 1. The highest BCUT2D eigenvalue weighted by Gasteiger charge is 2.10. The number of hydrogen-bond acceptors (Lipinski definition) is 3. The van der Waals surface area contributed by atoms with Crippen molar-refractivity contribution in [3.8, 4) is 11.5 Å². The number of esters is 1. The third kappa shape index (κ3) is 2.18. The molecular weight excluding hydrogens is 175 g/mol. The first kappa shape index (κ1) is 9.51. The summed E-state index contributed by atoms with van der Waals surface area (Å²) in [7, 11) is 0. The molecule has 4 heteroatoms. The Bertz CT molecular complexity index is 323. The van der Waals surface area contributed by atoms with Crippen LogP contribution in [0.25, 0.3) is 0 Å². The van der Waals surface area contributed by atoms with Crippen LogP contribution in [0.1, 0.15) is 13.3 Å². The highest BCUT2D eigenvalue weighted by atomic mass is 19.1. The largest absolute Gasteiger partial charge is 0.505 e. The number of ether oxygens (including phenoxy) is 1. The van der Waals surface area contributed by atoms with Crippen LogP contribution in [-0.4, -0.2) is 11.1 Å². The van der Waals surface area contributed by atoms with E-state index in [9.17, 15) is 9.18 Å². The molecule has 0 heterocycles. The Balaban J connectivity index is 2.89. The molecule has 0 aromatic heterocycles. The normalized spacial score (nSPS) is 9.69. The van der Waals surface area contributed by atoms with Crippen LogP contribution in [0.5, 0.6) is 11.5 Å². The number of carbonyl (C=O) groups excluding carboxylic acids is 1. The number of rotatable bonds is 2. The molecule has 0 amide bonds. The summed E-state index contributed by atoms with van der Waals surface area (Å²) in [5.41, 5.74) is 0. The Kier molecular flexibility index (Phi) is 2.84. The molecule has 0 bridgehead atoms. The van der Waals surface area contributed by atoms with Gasteiger partial charge in [-0.25, -0.2) is 0 Å². The molecule has 0 spiro atoms. The van der Waals surface area contributed by atoms with Gasteiger partial charge in [0.15, 0.2) is 11.5 Å². The molecule has 0 unspecified atom stereocenters. The van der Waals surface area contributed by atoms with E-state index in [0.29, 0.717) is 0 Å². The van der Waals surface area contributed by atoms with Gasteiger partial charge >= 0.3 is 5.97 Å². The molecule has 0 aliphatic heterocycles. The molecule has 0 saturated carbocycles. The van der Waals surface area contributed by atoms with Crippen molar-refractivity contribution in [3.63, 3.8) is 0 Å². The van der Waals surface area contributed by atoms with E-state index in [0.717, 1.165) is 0 Å². The van der Waals surface area contributed by atoms with Gasteiger partial charge in [0.1, 0.15) is 0 Å². The molecule has 70 valence electrons. The molecule has 3 nitrogen and oxygen atoms in total. The minimum atomic E-state index is -0.913. The van der Waals surface area contributed by atoms with Gasteiger partial charge in [0.05, 0.1) is 0 Å². The van der Waals surface area contributed by atoms with Crippen LogP contribution in [0.2, 0.25) is 0 Å². The van der Waals surface area contributed by atoms with Crippen LogP contribution in [-0.2, 0) is 4.79 Å². The van der Waals surface area contributed by atoms with E-state index in [1.54, 1.807) is 6.92 Å². The summed E-state index contributed by atoms with van der Waals surface area (Å²) >= 11 is 0. The zero-order valence-electron chi connectivity index (χ0n) is 7.08. The quantitative estimate of drug-likeness (QED) is 0.563. The third-order valence-electron chi connectivity index (χ3n) is 1.46. The predicted octanol–water partition coefficient (Wildman–Crippen LogP) is 1.85. The van der Waals surface area contributed by atoms with Crippen molar-refractivity contribution in [2.45, 2.75) is 13.3 Å². The average Bonchev–Trinajstić information content (AvgIpc) is 2.13. The molecule has 0 atom stereocenters. The Morgan fingerprint density at radius 1 is 1.62 bits per heavy atom. The van der Waals surface area contributed by atoms with Crippen molar-refractivity contribution in [3.05, 3.63) is 24.0 Å². The second-order valence-electron chi connectivity index (χ2n) is 2.42. The van der Waals surface area contributed by atoms with Crippen molar-refractivity contribution in [2.24, 2.45) is 0 Å². The van der Waals surface area contributed by atoms with E-state index in [1.807, 2.05) is 0 Å². The molecule has 0 saturated heterocycles. The first-order valence-corrected chi connectivity index (χ1v) is 3.83. The fraction of sp³-hybridized carbons (Fsp3) is 0.222. The number of phenolic OH excluding ortho intramolecular Hbond substituents is 1. The lowest BCUT2D eigenvalue weighted by atomic mass is 10.3. The van der Waals surface area contributed by atoms with E-state index in [2.05, 4.69) is 4.74 Å². The van der Waals surface area contributed by atoms with Crippen molar-refractivity contribution < 1.29 is 19.0 Å². The Hall–Kier alpha value is -1.58. The molecule has 1 aromatic carbocycles. The van der Waals surface area contributed by atoms with E-state index in [-0.39, 0.29) is 12.2 Å². The fourth-order valence-corrected chi connectivity index (χ4v) is 0.773. The van der Waals surface area contributed by atoms with Crippen molar-refractivity contribution in [1.82, 2.24) is 0 Å². The van der Waals surface area contributed by atoms with E-state index < -0.39 is 17.5 Å². The fourth-order valence-electron chi connectivity index (χ4n) is 0.773. The Morgan fingerprint density at radius 3 is 2.92 bits per heavy atom. The maximum atomic E-state index is 13.0. The van der Waals surface area contributed by atoms with Gasteiger partial charge in [0.25, 0.3) is 0 Å². The number of phenols is 1. The van der Waals surface area contributed by atoms with Gasteiger partial charge in [-0.2, -0.15) is 4.39 Å². The van der Waals surface area contributed by atoms with Crippen LogP contribution >= 0.6 is 0 Å². The molecule has 1 N–H and O–H groups in total. The van der Waals surface area contributed by atoms with Gasteiger partial charge in [-0.3, -0.25) is 4.79 Å². The highest BCUT2D eigenvalue weighted by Crippen LogP contribution is 2.24. The first-order chi connectivity index (χ1) is 6.15. The van der Waals surface area contributed by atoms with Gasteiger partial charge in [-0.15, -0.1) is 0 Å². The summed E-state index contributed by atoms with van der Waals surface area (Å²) in [5, 5.41) is 8.92. The van der Waals surface area contributed by atoms with Crippen LogP contribution in [0.15, 0.2) is 18.2 Å². The standard InChI is InChI=1S/C9H9FO3/c1-2-8(12)13-7-5-3-4-6(11)9(7)10/h3-5,11H,2H2,1H3.